The SMILES string of the molecule is CC(C)(NC[C@]1(O)CCCN(Cc2cccc(F)c2F)C1=O)c1ccccc1. The third-order valence-electron chi connectivity index (χ3n) is 5.41. The Morgan fingerprint density at radius 2 is 1.86 bits per heavy atom. The van der Waals surface area contributed by atoms with E-state index in [1.165, 1.54) is 17.0 Å². The van der Waals surface area contributed by atoms with Gasteiger partial charge in [0.25, 0.3) is 5.91 Å². The fourth-order valence-electron chi connectivity index (χ4n) is 3.58. The van der Waals surface area contributed by atoms with Crippen LogP contribution in [0, 0.1) is 11.6 Å². The van der Waals surface area contributed by atoms with Crippen molar-refractivity contribution < 1.29 is 18.7 Å². The maximum atomic E-state index is 14.0. The van der Waals surface area contributed by atoms with Gasteiger partial charge in [0.15, 0.2) is 17.2 Å². The lowest BCUT2D eigenvalue weighted by Gasteiger charge is -2.40. The van der Waals surface area contributed by atoms with Crippen LogP contribution in [0.25, 0.3) is 0 Å². The van der Waals surface area contributed by atoms with Crippen molar-refractivity contribution >= 4 is 5.91 Å². The van der Waals surface area contributed by atoms with E-state index < -0.39 is 28.7 Å². The summed E-state index contributed by atoms with van der Waals surface area (Å²) < 4.78 is 27.4. The van der Waals surface area contributed by atoms with Crippen LogP contribution in [0.3, 0.4) is 0 Å². The van der Waals surface area contributed by atoms with Gasteiger partial charge in [0.1, 0.15) is 0 Å². The van der Waals surface area contributed by atoms with Gasteiger partial charge >= 0.3 is 0 Å². The Kier molecular flexibility index (Phi) is 5.82. The highest BCUT2D eigenvalue weighted by Gasteiger charge is 2.43. The Bertz CT molecular complexity index is 842. The summed E-state index contributed by atoms with van der Waals surface area (Å²) >= 11 is 0. The summed E-state index contributed by atoms with van der Waals surface area (Å²) in [6.45, 7) is 4.39. The highest BCUT2D eigenvalue weighted by molar-refractivity contribution is 5.86. The van der Waals surface area contributed by atoms with Crippen LogP contribution in [0.1, 0.15) is 37.8 Å². The first-order valence-corrected chi connectivity index (χ1v) is 9.48. The fourth-order valence-corrected chi connectivity index (χ4v) is 3.58. The van der Waals surface area contributed by atoms with Gasteiger partial charge in [-0.15, -0.1) is 0 Å². The fraction of sp³-hybridized carbons (Fsp3) is 0.409. The monoisotopic (exact) mass is 388 g/mol. The normalized spacial score (nSPS) is 20.5. The number of benzene rings is 2. The average molecular weight is 388 g/mol. The number of carbonyl (C=O) groups is 1. The highest BCUT2D eigenvalue weighted by atomic mass is 19.2. The number of amides is 1. The van der Waals surface area contributed by atoms with Gasteiger partial charge in [-0.2, -0.15) is 0 Å². The minimum Gasteiger partial charge on any atom is -0.379 e. The molecule has 0 bridgehead atoms. The topological polar surface area (TPSA) is 52.6 Å². The zero-order valence-electron chi connectivity index (χ0n) is 16.2. The van der Waals surface area contributed by atoms with Crippen LogP contribution in [-0.2, 0) is 16.9 Å². The van der Waals surface area contributed by atoms with Gasteiger partial charge in [-0.1, -0.05) is 42.5 Å². The van der Waals surface area contributed by atoms with E-state index in [1.54, 1.807) is 0 Å². The molecule has 1 aliphatic heterocycles. The summed E-state index contributed by atoms with van der Waals surface area (Å²) in [6.07, 6.45) is 0.915. The van der Waals surface area contributed by atoms with Crippen LogP contribution in [0.2, 0.25) is 0 Å². The molecule has 0 aromatic heterocycles. The van der Waals surface area contributed by atoms with Gasteiger partial charge in [-0.05, 0) is 38.3 Å². The van der Waals surface area contributed by atoms with Crippen molar-refractivity contribution in [2.24, 2.45) is 0 Å². The molecule has 2 aromatic carbocycles. The van der Waals surface area contributed by atoms with Crippen molar-refractivity contribution in [1.29, 1.82) is 0 Å². The van der Waals surface area contributed by atoms with Crippen molar-refractivity contribution in [2.45, 2.75) is 44.4 Å². The van der Waals surface area contributed by atoms with E-state index in [-0.39, 0.29) is 18.7 Å². The van der Waals surface area contributed by atoms with Crippen molar-refractivity contribution in [3.05, 3.63) is 71.3 Å². The number of nitrogens with zero attached hydrogens (tertiary/aromatic N) is 1. The number of piperidine rings is 1. The van der Waals surface area contributed by atoms with Crippen molar-refractivity contribution in [3.8, 4) is 0 Å². The maximum Gasteiger partial charge on any atom is 0.256 e. The number of hydrogen-bond acceptors (Lipinski definition) is 3. The number of rotatable bonds is 6. The van der Waals surface area contributed by atoms with Crippen LogP contribution >= 0.6 is 0 Å². The standard InChI is InChI=1S/C22H26F2N2O2/c1-21(2,17-9-4-3-5-10-17)25-15-22(28)12-7-13-26(20(22)27)14-16-8-6-11-18(23)19(16)24/h3-6,8-11,25,28H,7,12-15H2,1-2H3/t22-/m1/s1. The molecular weight excluding hydrogens is 362 g/mol. The van der Waals surface area contributed by atoms with Crippen LogP contribution in [0.4, 0.5) is 8.78 Å². The van der Waals surface area contributed by atoms with Crippen LogP contribution < -0.4 is 5.32 Å². The summed E-state index contributed by atoms with van der Waals surface area (Å²) in [4.78, 5) is 14.3. The second kappa shape index (κ2) is 7.97. The van der Waals surface area contributed by atoms with E-state index in [9.17, 15) is 18.7 Å². The van der Waals surface area contributed by atoms with E-state index in [1.807, 2.05) is 44.2 Å². The van der Waals surface area contributed by atoms with Crippen LogP contribution in [-0.4, -0.2) is 34.6 Å². The number of aliphatic hydroxyl groups is 1. The number of carbonyl (C=O) groups excluding carboxylic acids is 1. The molecule has 6 heteroatoms. The molecule has 0 aliphatic carbocycles. The van der Waals surface area contributed by atoms with E-state index in [4.69, 9.17) is 0 Å². The van der Waals surface area contributed by atoms with Gasteiger partial charge in [0, 0.05) is 30.7 Å². The van der Waals surface area contributed by atoms with E-state index in [0.29, 0.717) is 19.4 Å². The van der Waals surface area contributed by atoms with Gasteiger partial charge in [-0.3, -0.25) is 4.79 Å². The summed E-state index contributed by atoms with van der Waals surface area (Å²) in [7, 11) is 0. The molecule has 1 heterocycles. The molecule has 1 amide bonds. The first-order valence-electron chi connectivity index (χ1n) is 9.48. The smallest absolute Gasteiger partial charge is 0.256 e. The lowest BCUT2D eigenvalue weighted by molar-refractivity contribution is -0.157. The molecule has 0 unspecified atom stereocenters. The zero-order chi connectivity index (χ0) is 20.4. The Hall–Kier alpha value is -2.31. The minimum atomic E-state index is -1.58. The summed E-state index contributed by atoms with van der Waals surface area (Å²) in [5, 5.41) is 14.3. The Labute approximate surface area is 164 Å². The first-order chi connectivity index (χ1) is 13.2. The first kappa shape index (κ1) is 20.4. The Balaban J connectivity index is 1.71. The molecule has 1 fully saturated rings. The summed E-state index contributed by atoms with van der Waals surface area (Å²) in [5.74, 6) is -2.35. The van der Waals surface area contributed by atoms with Crippen molar-refractivity contribution in [2.75, 3.05) is 13.1 Å². The second-order valence-electron chi connectivity index (χ2n) is 7.92. The van der Waals surface area contributed by atoms with Crippen molar-refractivity contribution in [1.82, 2.24) is 10.2 Å². The lowest BCUT2D eigenvalue weighted by atomic mass is 9.88. The molecule has 0 saturated carbocycles. The van der Waals surface area contributed by atoms with Gasteiger partial charge < -0.3 is 15.3 Å². The third kappa shape index (κ3) is 4.23. The van der Waals surface area contributed by atoms with Crippen LogP contribution in [0.5, 0.6) is 0 Å². The number of hydrogen-bond donors (Lipinski definition) is 2. The molecule has 1 saturated heterocycles. The van der Waals surface area contributed by atoms with Crippen LogP contribution in [0.15, 0.2) is 48.5 Å². The predicted molar refractivity (Wildman–Crippen MR) is 103 cm³/mol. The molecule has 2 N–H and O–H groups in total. The molecule has 1 aliphatic rings. The Morgan fingerprint density at radius 1 is 1.14 bits per heavy atom. The highest BCUT2D eigenvalue weighted by Crippen LogP contribution is 2.27. The molecule has 2 aromatic rings. The molecule has 4 nitrogen and oxygen atoms in total. The Morgan fingerprint density at radius 3 is 2.57 bits per heavy atom. The number of halogens is 2. The second-order valence-corrected chi connectivity index (χ2v) is 7.92. The number of nitrogens with one attached hydrogen (secondary N) is 1. The zero-order valence-corrected chi connectivity index (χ0v) is 16.2. The lowest BCUT2D eigenvalue weighted by Crippen LogP contribution is -2.59. The molecule has 0 spiro atoms. The average Bonchev–Trinajstić information content (AvgIpc) is 2.68. The molecule has 0 radical (unpaired) electrons. The van der Waals surface area contributed by atoms with Crippen molar-refractivity contribution in [3.63, 3.8) is 0 Å². The molecular formula is C22H26F2N2O2. The van der Waals surface area contributed by atoms with E-state index in [2.05, 4.69) is 5.32 Å². The maximum absolute atomic E-state index is 14.0. The molecule has 3 rings (SSSR count). The summed E-state index contributed by atoms with van der Waals surface area (Å²) in [5.41, 5.74) is -0.863. The van der Waals surface area contributed by atoms with Gasteiger partial charge in [0.2, 0.25) is 0 Å². The largest absolute Gasteiger partial charge is 0.379 e. The third-order valence-corrected chi connectivity index (χ3v) is 5.41. The molecule has 150 valence electrons. The predicted octanol–water partition coefficient (Wildman–Crippen LogP) is 3.34. The molecule has 1 atom stereocenters. The quantitative estimate of drug-likeness (QED) is 0.798. The molecule has 28 heavy (non-hydrogen) atoms. The summed E-state index contributed by atoms with van der Waals surface area (Å²) in [6, 6.07) is 13.7. The number of likely N-dealkylation sites (tertiary alicyclic amines) is 1. The van der Waals surface area contributed by atoms with E-state index >= 15 is 0 Å². The van der Waals surface area contributed by atoms with Gasteiger partial charge in [-0.25, -0.2) is 8.78 Å². The minimum absolute atomic E-state index is 0.0627. The van der Waals surface area contributed by atoms with E-state index in [0.717, 1.165) is 11.6 Å². The van der Waals surface area contributed by atoms with Gasteiger partial charge in [0.05, 0.1) is 0 Å².